The summed E-state index contributed by atoms with van der Waals surface area (Å²) in [5, 5.41) is 0.500. The third-order valence-corrected chi connectivity index (χ3v) is 4.83. The molecule has 3 aromatic carbocycles. The van der Waals surface area contributed by atoms with Gasteiger partial charge in [-0.15, -0.1) is 0 Å². The van der Waals surface area contributed by atoms with E-state index in [1.54, 1.807) is 30.3 Å². The van der Waals surface area contributed by atoms with Crippen molar-refractivity contribution in [3.8, 4) is 11.4 Å². The first kappa shape index (κ1) is 17.7. The second-order valence-electron chi connectivity index (χ2n) is 5.90. The smallest absolute Gasteiger partial charge is 0.266 e. The maximum atomic E-state index is 13.3. The van der Waals surface area contributed by atoms with Gasteiger partial charge in [-0.3, -0.25) is 9.36 Å². The molecule has 0 aliphatic heterocycles. The van der Waals surface area contributed by atoms with Crippen molar-refractivity contribution >= 4 is 33.5 Å². The van der Waals surface area contributed by atoms with E-state index in [9.17, 15) is 9.18 Å². The first-order valence-electron chi connectivity index (χ1n) is 8.27. The second kappa shape index (κ2) is 7.48. The van der Waals surface area contributed by atoms with Gasteiger partial charge in [0.15, 0.2) is 5.82 Å². The Morgan fingerprint density at radius 1 is 0.963 bits per heavy atom. The summed E-state index contributed by atoms with van der Waals surface area (Å²) >= 11 is 2.22. The number of benzene rings is 3. The summed E-state index contributed by atoms with van der Waals surface area (Å²) in [5.41, 5.74) is 0.927. The maximum absolute atomic E-state index is 13.3. The van der Waals surface area contributed by atoms with E-state index in [-0.39, 0.29) is 18.0 Å². The van der Waals surface area contributed by atoms with Gasteiger partial charge in [0.2, 0.25) is 0 Å². The molecule has 0 bridgehead atoms. The fourth-order valence-corrected chi connectivity index (χ4v) is 3.17. The van der Waals surface area contributed by atoms with Crippen molar-refractivity contribution < 1.29 is 9.13 Å². The van der Waals surface area contributed by atoms with Gasteiger partial charge < -0.3 is 4.74 Å². The molecule has 4 nitrogen and oxygen atoms in total. The lowest BCUT2D eigenvalue weighted by Gasteiger charge is -2.14. The molecule has 1 heterocycles. The number of ether oxygens (including phenoxy) is 1. The number of para-hydroxylation sites is 1. The van der Waals surface area contributed by atoms with Gasteiger partial charge in [0.25, 0.3) is 5.56 Å². The third-order valence-electron chi connectivity index (χ3n) is 4.11. The lowest BCUT2D eigenvalue weighted by molar-refractivity contribution is 0.292. The monoisotopic (exact) mass is 472 g/mol. The van der Waals surface area contributed by atoms with Crippen molar-refractivity contribution in [2.45, 2.75) is 6.61 Å². The quantitative estimate of drug-likeness (QED) is 0.405. The summed E-state index contributed by atoms with van der Waals surface area (Å²) in [4.78, 5) is 17.7. The Morgan fingerprint density at radius 2 is 1.67 bits per heavy atom. The Morgan fingerprint density at radius 3 is 2.41 bits per heavy atom. The normalized spacial score (nSPS) is 10.9. The Kier molecular flexibility index (Phi) is 4.89. The SMILES string of the molecule is O=c1c2ccccc2nc(COc2ccc(I)cc2)n1-c1ccc(F)cc1. The van der Waals surface area contributed by atoms with Crippen LogP contribution in [0.2, 0.25) is 0 Å². The Balaban J connectivity index is 1.81. The van der Waals surface area contributed by atoms with Crippen LogP contribution >= 0.6 is 22.6 Å². The van der Waals surface area contributed by atoms with Crippen LogP contribution in [0.5, 0.6) is 5.75 Å². The second-order valence-corrected chi connectivity index (χ2v) is 7.15. The highest BCUT2D eigenvalue weighted by molar-refractivity contribution is 14.1. The fraction of sp³-hybridized carbons (Fsp3) is 0.0476. The van der Waals surface area contributed by atoms with Crippen molar-refractivity contribution in [1.29, 1.82) is 0 Å². The van der Waals surface area contributed by atoms with E-state index >= 15 is 0 Å². The zero-order valence-electron chi connectivity index (χ0n) is 14.1. The van der Waals surface area contributed by atoms with Gasteiger partial charge in [0.05, 0.1) is 16.6 Å². The molecule has 1 aromatic heterocycles. The van der Waals surface area contributed by atoms with Crippen LogP contribution in [-0.2, 0) is 6.61 Å². The summed E-state index contributed by atoms with van der Waals surface area (Å²) in [5.74, 6) is 0.768. The number of halogens is 2. The molecule has 27 heavy (non-hydrogen) atoms. The highest BCUT2D eigenvalue weighted by atomic mass is 127. The molecule has 0 saturated carbocycles. The van der Waals surface area contributed by atoms with Crippen LogP contribution in [0, 0.1) is 9.39 Å². The van der Waals surface area contributed by atoms with Crippen molar-refractivity contribution in [3.05, 3.63) is 98.4 Å². The first-order valence-corrected chi connectivity index (χ1v) is 9.35. The summed E-state index contributed by atoms with van der Waals surface area (Å²) in [7, 11) is 0. The van der Waals surface area contributed by atoms with E-state index in [2.05, 4.69) is 27.6 Å². The summed E-state index contributed by atoms with van der Waals surface area (Å²) in [6.07, 6.45) is 0. The largest absolute Gasteiger partial charge is 0.486 e. The molecule has 0 N–H and O–H groups in total. The Bertz CT molecular complexity index is 1160. The van der Waals surface area contributed by atoms with Crippen molar-refractivity contribution in [2.75, 3.05) is 0 Å². The third kappa shape index (κ3) is 3.71. The van der Waals surface area contributed by atoms with Gasteiger partial charge in [-0.2, -0.15) is 0 Å². The molecule has 0 aliphatic carbocycles. The van der Waals surface area contributed by atoms with Gasteiger partial charge in [0, 0.05) is 3.57 Å². The summed E-state index contributed by atoms with van der Waals surface area (Å²) in [6.45, 7) is 0.109. The molecule has 0 spiro atoms. The van der Waals surface area contributed by atoms with Crippen LogP contribution in [0.15, 0.2) is 77.6 Å². The minimum atomic E-state index is -0.364. The van der Waals surface area contributed by atoms with Crippen LogP contribution in [0.25, 0.3) is 16.6 Å². The molecular weight excluding hydrogens is 458 g/mol. The van der Waals surface area contributed by atoms with Crippen LogP contribution in [0.3, 0.4) is 0 Å². The van der Waals surface area contributed by atoms with Crippen LogP contribution < -0.4 is 10.3 Å². The molecule has 0 fully saturated rings. The van der Waals surface area contributed by atoms with Gasteiger partial charge in [0.1, 0.15) is 18.2 Å². The summed E-state index contributed by atoms with van der Waals surface area (Å²) in [6, 6.07) is 20.5. The van der Waals surface area contributed by atoms with Gasteiger partial charge in [-0.25, -0.2) is 9.37 Å². The zero-order valence-corrected chi connectivity index (χ0v) is 16.3. The van der Waals surface area contributed by atoms with Crippen LogP contribution in [-0.4, -0.2) is 9.55 Å². The molecule has 134 valence electrons. The molecule has 0 amide bonds. The summed E-state index contributed by atoms with van der Waals surface area (Å²) < 4.78 is 21.7. The van der Waals surface area contributed by atoms with Gasteiger partial charge >= 0.3 is 0 Å². The standard InChI is InChI=1S/C21H14FIN2O2/c22-14-5-9-16(10-6-14)25-20(13-27-17-11-7-15(23)8-12-17)24-19-4-2-1-3-18(19)21(25)26/h1-12H,13H2. The van der Waals surface area contributed by atoms with Crippen molar-refractivity contribution in [2.24, 2.45) is 0 Å². The first-order chi connectivity index (χ1) is 13.1. The zero-order chi connectivity index (χ0) is 18.8. The number of hydrogen-bond acceptors (Lipinski definition) is 3. The van der Waals surface area contributed by atoms with E-state index in [0.29, 0.717) is 28.2 Å². The predicted octanol–water partition coefficient (Wildman–Crippen LogP) is 4.71. The molecule has 4 aromatic rings. The topological polar surface area (TPSA) is 44.1 Å². The van der Waals surface area contributed by atoms with Gasteiger partial charge in [-0.1, -0.05) is 12.1 Å². The molecule has 0 saturated heterocycles. The molecule has 0 unspecified atom stereocenters. The van der Waals surface area contributed by atoms with E-state index in [4.69, 9.17) is 4.74 Å². The molecule has 0 atom stereocenters. The van der Waals surface area contributed by atoms with E-state index in [1.807, 2.05) is 30.3 Å². The van der Waals surface area contributed by atoms with E-state index in [0.717, 1.165) is 3.57 Å². The Hall–Kier alpha value is -2.74. The maximum Gasteiger partial charge on any atom is 0.266 e. The predicted molar refractivity (Wildman–Crippen MR) is 111 cm³/mol. The minimum Gasteiger partial charge on any atom is -0.486 e. The number of aromatic nitrogens is 2. The lowest BCUT2D eigenvalue weighted by atomic mass is 10.2. The number of fused-ring (bicyclic) bond motifs is 1. The molecule has 6 heteroatoms. The number of rotatable bonds is 4. The number of hydrogen-bond donors (Lipinski definition) is 0. The van der Waals surface area contributed by atoms with E-state index < -0.39 is 0 Å². The highest BCUT2D eigenvalue weighted by Gasteiger charge is 2.13. The average molecular weight is 472 g/mol. The van der Waals surface area contributed by atoms with E-state index in [1.165, 1.54) is 16.7 Å². The molecule has 4 rings (SSSR count). The molecule has 0 aliphatic rings. The highest BCUT2D eigenvalue weighted by Crippen LogP contribution is 2.17. The van der Waals surface area contributed by atoms with Crippen LogP contribution in [0.4, 0.5) is 4.39 Å². The molecule has 0 radical (unpaired) electrons. The fourth-order valence-electron chi connectivity index (χ4n) is 2.81. The van der Waals surface area contributed by atoms with Gasteiger partial charge in [-0.05, 0) is 83.3 Å². The minimum absolute atomic E-state index is 0.109. The average Bonchev–Trinajstić information content (AvgIpc) is 2.69. The lowest BCUT2D eigenvalue weighted by Crippen LogP contribution is -2.25. The Labute approximate surface area is 168 Å². The van der Waals surface area contributed by atoms with Crippen molar-refractivity contribution in [1.82, 2.24) is 9.55 Å². The molecular formula is C21H14FIN2O2. The number of nitrogens with zero attached hydrogens (tertiary/aromatic N) is 2. The van der Waals surface area contributed by atoms with Crippen molar-refractivity contribution in [3.63, 3.8) is 0 Å². The van der Waals surface area contributed by atoms with Crippen LogP contribution in [0.1, 0.15) is 5.82 Å².